The summed E-state index contributed by atoms with van der Waals surface area (Å²) in [6.45, 7) is 3.55. The van der Waals surface area contributed by atoms with Crippen LogP contribution in [0.1, 0.15) is 16.7 Å². The van der Waals surface area contributed by atoms with Crippen LogP contribution in [-0.2, 0) is 6.42 Å². The minimum absolute atomic E-state index is 0.0341. The first-order valence-electron chi connectivity index (χ1n) is 4.00. The number of nitriles is 2. The minimum Gasteiger partial charge on any atom is -0.507 e. The van der Waals surface area contributed by atoms with Gasteiger partial charge in [0.15, 0.2) is 0 Å². The van der Waals surface area contributed by atoms with Gasteiger partial charge in [0, 0.05) is 0 Å². The predicted octanol–water partition coefficient (Wildman–Crippen LogP) is 1.86. The molecule has 0 amide bonds. The lowest BCUT2D eigenvalue weighted by Gasteiger charge is -2.03. The average molecular weight is 184 g/mol. The van der Waals surface area contributed by atoms with Crippen LogP contribution in [0.15, 0.2) is 24.8 Å². The Morgan fingerprint density at radius 2 is 1.93 bits per heavy atom. The fraction of sp³-hybridized carbons (Fsp3) is 0.0909. The van der Waals surface area contributed by atoms with Gasteiger partial charge >= 0.3 is 0 Å². The van der Waals surface area contributed by atoms with Crippen molar-refractivity contribution in [2.75, 3.05) is 0 Å². The minimum atomic E-state index is -0.156. The molecule has 1 aromatic rings. The number of hydrogen-bond acceptors (Lipinski definition) is 3. The maximum Gasteiger partial charge on any atom is 0.134 e. The molecule has 0 radical (unpaired) electrons. The Bertz CT molecular complexity index is 450. The van der Waals surface area contributed by atoms with E-state index in [9.17, 15) is 5.11 Å². The number of rotatable bonds is 2. The fourth-order valence-electron chi connectivity index (χ4n) is 1.20. The van der Waals surface area contributed by atoms with E-state index in [0.717, 1.165) is 0 Å². The van der Waals surface area contributed by atoms with E-state index in [1.807, 2.05) is 6.07 Å². The van der Waals surface area contributed by atoms with Crippen molar-refractivity contribution >= 4 is 0 Å². The van der Waals surface area contributed by atoms with Crippen LogP contribution in [0.3, 0.4) is 0 Å². The zero-order valence-corrected chi connectivity index (χ0v) is 7.49. The molecule has 3 nitrogen and oxygen atoms in total. The molecule has 0 spiro atoms. The van der Waals surface area contributed by atoms with Gasteiger partial charge in [-0.25, -0.2) is 0 Å². The topological polar surface area (TPSA) is 67.8 Å². The van der Waals surface area contributed by atoms with E-state index in [1.54, 1.807) is 18.2 Å². The third-order valence-electron chi connectivity index (χ3n) is 1.86. The zero-order valence-electron chi connectivity index (χ0n) is 7.49. The van der Waals surface area contributed by atoms with Crippen molar-refractivity contribution in [2.45, 2.75) is 6.42 Å². The Morgan fingerprint density at radius 3 is 2.43 bits per heavy atom. The highest BCUT2D eigenvalue weighted by Crippen LogP contribution is 2.23. The maximum atomic E-state index is 9.32. The molecule has 0 saturated heterocycles. The van der Waals surface area contributed by atoms with Gasteiger partial charge in [-0.3, -0.25) is 0 Å². The van der Waals surface area contributed by atoms with Gasteiger partial charge in [-0.1, -0.05) is 12.1 Å². The SMILES string of the molecule is C=CCc1ccc(O)c(C#N)c1C#N. The summed E-state index contributed by atoms with van der Waals surface area (Å²) in [4.78, 5) is 0. The molecule has 68 valence electrons. The highest BCUT2D eigenvalue weighted by molar-refractivity contribution is 5.57. The normalized spacial score (nSPS) is 8.71. The molecule has 14 heavy (non-hydrogen) atoms. The smallest absolute Gasteiger partial charge is 0.134 e. The lowest BCUT2D eigenvalue weighted by atomic mass is 9.99. The molecule has 0 heterocycles. The Labute approximate surface area is 82.1 Å². The van der Waals surface area contributed by atoms with Crippen LogP contribution in [0.4, 0.5) is 0 Å². The molecule has 1 N–H and O–H groups in total. The van der Waals surface area contributed by atoms with E-state index in [2.05, 4.69) is 6.58 Å². The van der Waals surface area contributed by atoms with Crippen LogP contribution in [0.25, 0.3) is 0 Å². The quantitative estimate of drug-likeness (QED) is 0.713. The van der Waals surface area contributed by atoms with Gasteiger partial charge in [0.25, 0.3) is 0 Å². The largest absolute Gasteiger partial charge is 0.507 e. The average Bonchev–Trinajstić information content (AvgIpc) is 2.20. The Kier molecular flexibility index (Phi) is 2.89. The highest BCUT2D eigenvalue weighted by Gasteiger charge is 2.11. The lowest BCUT2D eigenvalue weighted by Crippen LogP contribution is -1.92. The summed E-state index contributed by atoms with van der Waals surface area (Å²) in [5.74, 6) is -0.156. The second-order valence-corrected chi connectivity index (χ2v) is 2.71. The van der Waals surface area contributed by atoms with E-state index in [4.69, 9.17) is 10.5 Å². The molecular formula is C11H8N2O. The van der Waals surface area contributed by atoms with E-state index in [1.165, 1.54) is 6.07 Å². The van der Waals surface area contributed by atoms with Crippen LogP contribution in [0.5, 0.6) is 5.75 Å². The summed E-state index contributed by atoms with van der Waals surface area (Å²) >= 11 is 0. The highest BCUT2D eigenvalue weighted by atomic mass is 16.3. The van der Waals surface area contributed by atoms with Crippen LogP contribution in [0.2, 0.25) is 0 Å². The number of benzene rings is 1. The molecule has 0 aliphatic heterocycles. The summed E-state index contributed by atoms with van der Waals surface area (Å²) in [5.41, 5.74) is 0.969. The molecule has 0 bridgehead atoms. The summed E-state index contributed by atoms with van der Waals surface area (Å²) < 4.78 is 0. The molecule has 1 aromatic carbocycles. The second-order valence-electron chi connectivity index (χ2n) is 2.71. The fourth-order valence-corrected chi connectivity index (χ4v) is 1.20. The van der Waals surface area contributed by atoms with Crippen molar-refractivity contribution in [3.05, 3.63) is 41.5 Å². The first-order chi connectivity index (χ1) is 6.74. The number of nitrogens with zero attached hydrogens (tertiary/aromatic N) is 2. The molecular weight excluding hydrogens is 176 g/mol. The van der Waals surface area contributed by atoms with Crippen molar-refractivity contribution < 1.29 is 5.11 Å². The van der Waals surface area contributed by atoms with Crippen LogP contribution in [-0.4, -0.2) is 5.11 Å². The van der Waals surface area contributed by atoms with Crippen molar-refractivity contribution in [3.63, 3.8) is 0 Å². The second kappa shape index (κ2) is 4.11. The summed E-state index contributed by atoms with van der Waals surface area (Å²) in [6.07, 6.45) is 2.16. The molecule has 1 rings (SSSR count). The van der Waals surface area contributed by atoms with E-state index in [-0.39, 0.29) is 16.9 Å². The summed E-state index contributed by atoms with van der Waals surface area (Å²) in [5, 5.41) is 26.9. The van der Waals surface area contributed by atoms with Crippen LogP contribution in [0, 0.1) is 22.7 Å². The van der Waals surface area contributed by atoms with E-state index < -0.39 is 0 Å². The lowest BCUT2D eigenvalue weighted by molar-refractivity contribution is 0.473. The molecule has 0 atom stereocenters. The molecule has 0 fully saturated rings. The van der Waals surface area contributed by atoms with Gasteiger partial charge < -0.3 is 5.11 Å². The molecule has 0 aliphatic rings. The van der Waals surface area contributed by atoms with Gasteiger partial charge in [0.1, 0.15) is 23.5 Å². The van der Waals surface area contributed by atoms with Crippen molar-refractivity contribution in [3.8, 4) is 17.9 Å². The predicted molar refractivity (Wildman–Crippen MR) is 51.4 cm³/mol. The number of allylic oxidation sites excluding steroid dienone is 1. The molecule has 0 aliphatic carbocycles. The van der Waals surface area contributed by atoms with Gasteiger partial charge in [-0.15, -0.1) is 6.58 Å². The first-order valence-corrected chi connectivity index (χ1v) is 4.00. The van der Waals surface area contributed by atoms with Crippen LogP contribution < -0.4 is 0 Å². The standard InChI is InChI=1S/C11H8N2O/c1-2-3-8-4-5-11(14)10(7-13)9(8)6-12/h2,4-5,14H,1,3H2. The van der Waals surface area contributed by atoms with Crippen molar-refractivity contribution in [1.82, 2.24) is 0 Å². The molecule has 0 saturated carbocycles. The van der Waals surface area contributed by atoms with Gasteiger partial charge in [0.05, 0.1) is 5.56 Å². The number of phenolic OH excluding ortho intramolecular Hbond substituents is 1. The third-order valence-corrected chi connectivity index (χ3v) is 1.86. The maximum absolute atomic E-state index is 9.32. The Morgan fingerprint density at radius 1 is 1.29 bits per heavy atom. The summed E-state index contributed by atoms with van der Waals surface area (Å²) in [6, 6.07) is 6.75. The Hall–Kier alpha value is -2.26. The van der Waals surface area contributed by atoms with E-state index in [0.29, 0.717) is 12.0 Å². The van der Waals surface area contributed by atoms with Gasteiger partial charge in [0.2, 0.25) is 0 Å². The first kappa shape index (κ1) is 9.83. The van der Waals surface area contributed by atoms with Gasteiger partial charge in [-0.2, -0.15) is 10.5 Å². The number of hydrogen-bond donors (Lipinski definition) is 1. The monoisotopic (exact) mass is 184 g/mol. The van der Waals surface area contributed by atoms with Crippen LogP contribution >= 0.6 is 0 Å². The number of phenols is 1. The Balaban J connectivity index is 3.44. The summed E-state index contributed by atoms with van der Waals surface area (Å²) in [7, 11) is 0. The number of aromatic hydroxyl groups is 1. The third kappa shape index (κ3) is 1.57. The molecule has 0 aromatic heterocycles. The molecule has 3 heteroatoms. The van der Waals surface area contributed by atoms with Crippen molar-refractivity contribution in [1.29, 1.82) is 10.5 Å². The van der Waals surface area contributed by atoms with Crippen molar-refractivity contribution in [2.24, 2.45) is 0 Å². The van der Waals surface area contributed by atoms with Gasteiger partial charge in [-0.05, 0) is 18.1 Å². The van der Waals surface area contributed by atoms with E-state index >= 15 is 0 Å². The zero-order chi connectivity index (χ0) is 10.6. The molecule has 0 unspecified atom stereocenters.